The summed E-state index contributed by atoms with van der Waals surface area (Å²) in [7, 11) is 2.08. The second kappa shape index (κ2) is 7.33. The maximum atomic E-state index is 4.59. The minimum absolute atomic E-state index is 0.450. The van der Waals surface area contributed by atoms with Gasteiger partial charge in [0.25, 0.3) is 0 Å². The van der Waals surface area contributed by atoms with Crippen LogP contribution in [0.15, 0.2) is 22.2 Å². The number of aromatic nitrogens is 2. The highest BCUT2D eigenvalue weighted by atomic mass is 79.9. The van der Waals surface area contributed by atoms with Gasteiger partial charge in [0.05, 0.1) is 17.7 Å². The number of halogens is 1. The third kappa shape index (κ3) is 4.49. The average molecular weight is 369 g/mol. The van der Waals surface area contributed by atoms with Crippen LogP contribution in [0, 0.1) is 6.92 Å². The Morgan fingerprint density at radius 1 is 1.38 bits per heavy atom. The van der Waals surface area contributed by atoms with Crippen molar-refractivity contribution in [2.24, 2.45) is 0 Å². The fourth-order valence-electron chi connectivity index (χ4n) is 2.03. The van der Waals surface area contributed by atoms with E-state index in [1.54, 1.807) is 11.3 Å². The minimum Gasteiger partial charge on any atom is -0.354 e. The standard InChI is InChI=1S/C15H21BrN4S/c1-10(2)17-6-12-5-13(16)7-18-15(12)20(4)8-14-11(3)19-9-21-14/h5,7,9-10,17H,6,8H2,1-4H3. The number of nitrogens with zero attached hydrogens (tertiary/aromatic N) is 3. The first-order valence-corrected chi connectivity index (χ1v) is 8.62. The number of hydrogen-bond donors (Lipinski definition) is 1. The molecule has 0 aromatic carbocycles. The fraction of sp³-hybridized carbons (Fsp3) is 0.467. The van der Waals surface area contributed by atoms with Gasteiger partial charge >= 0.3 is 0 Å². The smallest absolute Gasteiger partial charge is 0.133 e. The van der Waals surface area contributed by atoms with E-state index in [-0.39, 0.29) is 0 Å². The summed E-state index contributed by atoms with van der Waals surface area (Å²) in [6.45, 7) is 7.99. The summed E-state index contributed by atoms with van der Waals surface area (Å²) < 4.78 is 1.01. The molecule has 114 valence electrons. The van der Waals surface area contributed by atoms with Crippen LogP contribution in [0.4, 0.5) is 5.82 Å². The lowest BCUT2D eigenvalue weighted by Gasteiger charge is -2.22. The Balaban J connectivity index is 2.19. The summed E-state index contributed by atoms with van der Waals surface area (Å²) in [5, 5.41) is 3.46. The molecule has 0 atom stereocenters. The van der Waals surface area contributed by atoms with E-state index < -0.39 is 0 Å². The van der Waals surface area contributed by atoms with Crippen molar-refractivity contribution in [2.45, 2.75) is 39.9 Å². The van der Waals surface area contributed by atoms with E-state index in [1.165, 1.54) is 10.4 Å². The maximum absolute atomic E-state index is 4.59. The number of aryl methyl sites for hydroxylation is 1. The van der Waals surface area contributed by atoms with Gasteiger partial charge in [-0.25, -0.2) is 9.97 Å². The Morgan fingerprint density at radius 2 is 2.14 bits per heavy atom. The van der Waals surface area contributed by atoms with Crippen LogP contribution in [0.5, 0.6) is 0 Å². The number of anilines is 1. The van der Waals surface area contributed by atoms with Crippen LogP contribution in [0.25, 0.3) is 0 Å². The van der Waals surface area contributed by atoms with Crippen molar-refractivity contribution in [2.75, 3.05) is 11.9 Å². The lowest BCUT2D eigenvalue weighted by atomic mass is 10.2. The molecule has 0 aliphatic carbocycles. The number of nitrogens with one attached hydrogen (secondary N) is 1. The molecule has 0 amide bonds. The third-order valence-corrected chi connectivity index (χ3v) is 4.55. The predicted molar refractivity (Wildman–Crippen MR) is 92.9 cm³/mol. The maximum Gasteiger partial charge on any atom is 0.133 e. The van der Waals surface area contributed by atoms with Gasteiger partial charge in [0.1, 0.15) is 5.82 Å². The van der Waals surface area contributed by atoms with Crippen LogP contribution >= 0.6 is 27.3 Å². The molecular weight excluding hydrogens is 348 g/mol. The third-order valence-electron chi connectivity index (χ3n) is 3.20. The minimum atomic E-state index is 0.450. The number of rotatable bonds is 6. The van der Waals surface area contributed by atoms with Gasteiger partial charge in [-0.3, -0.25) is 0 Å². The second-order valence-corrected chi connectivity index (χ2v) is 7.24. The van der Waals surface area contributed by atoms with E-state index in [9.17, 15) is 0 Å². The molecule has 21 heavy (non-hydrogen) atoms. The van der Waals surface area contributed by atoms with Crippen LogP contribution in [-0.2, 0) is 13.1 Å². The molecule has 0 saturated heterocycles. The van der Waals surface area contributed by atoms with Crippen molar-refractivity contribution in [1.82, 2.24) is 15.3 Å². The summed E-state index contributed by atoms with van der Waals surface area (Å²) in [5.74, 6) is 1.01. The normalized spacial score (nSPS) is 11.1. The van der Waals surface area contributed by atoms with Gasteiger partial charge in [-0.15, -0.1) is 11.3 Å². The molecule has 6 heteroatoms. The molecule has 1 N–H and O–H groups in total. The molecule has 0 fully saturated rings. The monoisotopic (exact) mass is 368 g/mol. The summed E-state index contributed by atoms with van der Waals surface area (Å²) in [5.41, 5.74) is 4.20. The van der Waals surface area contributed by atoms with Gasteiger partial charge in [0.15, 0.2) is 0 Å². The molecular formula is C15H21BrN4S. The summed E-state index contributed by atoms with van der Waals surface area (Å²) >= 11 is 5.20. The number of thiazole rings is 1. The Labute approximate surface area is 138 Å². The van der Waals surface area contributed by atoms with Crippen molar-refractivity contribution in [3.8, 4) is 0 Å². The molecule has 2 aromatic heterocycles. The SMILES string of the molecule is Cc1ncsc1CN(C)c1ncc(Br)cc1CNC(C)C. The van der Waals surface area contributed by atoms with E-state index in [1.807, 2.05) is 11.7 Å². The zero-order valence-electron chi connectivity index (χ0n) is 12.9. The van der Waals surface area contributed by atoms with Gasteiger partial charge in [0.2, 0.25) is 0 Å². The van der Waals surface area contributed by atoms with E-state index in [4.69, 9.17) is 0 Å². The molecule has 0 saturated carbocycles. The summed E-state index contributed by atoms with van der Waals surface area (Å²) in [6.07, 6.45) is 1.85. The molecule has 2 aromatic rings. The van der Waals surface area contributed by atoms with E-state index in [0.717, 1.165) is 29.1 Å². The summed E-state index contributed by atoms with van der Waals surface area (Å²) in [6, 6.07) is 2.58. The van der Waals surface area contributed by atoms with Gasteiger partial charge < -0.3 is 10.2 Å². The summed E-state index contributed by atoms with van der Waals surface area (Å²) in [4.78, 5) is 12.4. The van der Waals surface area contributed by atoms with Crippen LogP contribution in [0.2, 0.25) is 0 Å². The Bertz CT molecular complexity index is 597. The molecule has 0 aliphatic rings. The second-order valence-electron chi connectivity index (χ2n) is 5.39. The molecule has 0 unspecified atom stereocenters. The molecule has 0 spiro atoms. The van der Waals surface area contributed by atoms with E-state index in [2.05, 4.69) is 70.0 Å². The molecule has 4 nitrogen and oxygen atoms in total. The Kier molecular flexibility index (Phi) is 5.72. The van der Waals surface area contributed by atoms with Crippen LogP contribution in [0.1, 0.15) is 30.0 Å². The van der Waals surface area contributed by atoms with Crippen molar-refractivity contribution >= 4 is 33.1 Å². The first-order valence-electron chi connectivity index (χ1n) is 6.95. The first-order chi connectivity index (χ1) is 9.97. The molecule has 2 heterocycles. The highest BCUT2D eigenvalue weighted by Gasteiger charge is 2.13. The molecule has 2 rings (SSSR count). The van der Waals surface area contributed by atoms with Crippen LogP contribution < -0.4 is 10.2 Å². The number of pyridine rings is 1. The molecule has 0 aliphatic heterocycles. The lowest BCUT2D eigenvalue weighted by molar-refractivity contribution is 0.587. The number of hydrogen-bond acceptors (Lipinski definition) is 5. The fourth-order valence-corrected chi connectivity index (χ4v) is 3.24. The topological polar surface area (TPSA) is 41.1 Å². The Hall–Kier alpha value is -0.980. The van der Waals surface area contributed by atoms with Gasteiger partial charge in [-0.05, 0) is 28.9 Å². The average Bonchev–Trinajstić information content (AvgIpc) is 2.82. The highest BCUT2D eigenvalue weighted by Crippen LogP contribution is 2.24. The highest BCUT2D eigenvalue weighted by molar-refractivity contribution is 9.10. The van der Waals surface area contributed by atoms with Crippen LogP contribution in [0.3, 0.4) is 0 Å². The van der Waals surface area contributed by atoms with Crippen molar-refractivity contribution in [3.05, 3.63) is 38.4 Å². The van der Waals surface area contributed by atoms with Crippen molar-refractivity contribution in [1.29, 1.82) is 0 Å². The van der Waals surface area contributed by atoms with E-state index >= 15 is 0 Å². The largest absolute Gasteiger partial charge is 0.354 e. The van der Waals surface area contributed by atoms with Gasteiger partial charge in [0, 0.05) is 40.7 Å². The first kappa shape index (κ1) is 16.4. The van der Waals surface area contributed by atoms with Crippen molar-refractivity contribution in [3.63, 3.8) is 0 Å². The quantitative estimate of drug-likeness (QED) is 0.842. The zero-order chi connectivity index (χ0) is 15.4. The Morgan fingerprint density at radius 3 is 2.76 bits per heavy atom. The molecule has 0 bridgehead atoms. The van der Waals surface area contributed by atoms with Gasteiger partial charge in [-0.2, -0.15) is 0 Å². The van der Waals surface area contributed by atoms with Crippen molar-refractivity contribution < 1.29 is 0 Å². The van der Waals surface area contributed by atoms with Gasteiger partial charge in [-0.1, -0.05) is 13.8 Å². The van der Waals surface area contributed by atoms with E-state index in [0.29, 0.717) is 6.04 Å². The van der Waals surface area contributed by atoms with Crippen LogP contribution in [-0.4, -0.2) is 23.1 Å². The lowest BCUT2D eigenvalue weighted by Crippen LogP contribution is -2.25. The molecule has 0 radical (unpaired) electrons. The zero-order valence-corrected chi connectivity index (χ0v) is 15.3. The predicted octanol–water partition coefficient (Wildman–Crippen LogP) is 3.74.